The minimum Gasteiger partial charge on any atom is -0.299 e. The molecule has 20 heavy (non-hydrogen) atoms. The van der Waals surface area contributed by atoms with Crippen LogP contribution in [0.5, 0.6) is 0 Å². The van der Waals surface area contributed by atoms with E-state index < -0.39 is 16.2 Å². The lowest BCUT2D eigenvalue weighted by Crippen LogP contribution is -2.30. The van der Waals surface area contributed by atoms with Crippen LogP contribution in [0.4, 0.5) is 5.69 Å². The van der Waals surface area contributed by atoms with Crippen molar-refractivity contribution in [1.29, 1.82) is 0 Å². The summed E-state index contributed by atoms with van der Waals surface area (Å²) in [4.78, 5) is 35.0. The largest absolute Gasteiger partial charge is 0.328 e. The molecule has 0 fully saturated rings. The van der Waals surface area contributed by atoms with E-state index in [1.165, 1.54) is 22.9 Å². The molecule has 2 aromatic rings. The third kappa shape index (κ3) is 3.21. The fourth-order valence-electron chi connectivity index (χ4n) is 1.68. The topological polar surface area (TPSA) is 98.0 Å². The number of rotatable bonds is 4. The summed E-state index contributed by atoms with van der Waals surface area (Å²) in [6.45, 7) is 0.367. The number of nitro benzene ring substituents is 1. The van der Waals surface area contributed by atoms with Crippen LogP contribution in [0.25, 0.3) is 0 Å². The summed E-state index contributed by atoms with van der Waals surface area (Å²) in [5.74, 6) is 0. The monoisotopic (exact) mass is 339 g/mol. The van der Waals surface area contributed by atoms with Crippen LogP contribution in [0.1, 0.15) is 5.56 Å². The van der Waals surface area contributed by atoms with Gasteiger partial charge in [0.1, 0.15) is 0 Å². The van der Waals surface area contributed by atoms with Crippen molar-refractivity contribution < 1.29 is 4.92 Å². The second kappa shape index (κ2) is 5.83. The molecule has 0 unspecified atom stereocenters. The highest BCUT2D eigenvalue weighted by molar-refractivity contribution is 9.10. The van der Waals surface area contributed by atoms with E-state index in [0.717, 1.165) is 5.56 Å². The minimum atomic E-state index is -0.486. The second-order valence-corrected chi connectivity index (χ2v) is 4.96. The number of H-pyrrole nitrogens is 1. The number of hydrogen-bond acceptors (Lipinski definition) is 4. The van der Waals surface area contributed by atoms with Gasteiger partial charge in [0.25, 0.3) is 11.2 Å². The van der Waals surface area contributed by atoms with Crippen molar-refractivity contribution in [3.05, 3.63) is 71.5 Å². The van der Waals surface area contributed by atoms with E-state index in [0.29, 0.717) is 13.0 Å². The molecule has 0 amide bonds. The van der Waals surface area contributed by atoms with Crippen LogP contribution in [0.15, 0.2) is 44.5 Å². The predicted octanol–water partition coefficient (Wildman–Crippen LogP) is 1.45. The third-order valence-corrected chi connectivity index (χ3v) is 3.32. The highest BCUT2D eigenvalue weighted by atomic mass is 79.9. The summed E-state index contributed by atoms with van der Waals surface area (Å²) in [6, 6.07) is 6.12. The number of non-ortho nitro benzene ring substituents is 1. The molecule has 0 bridgehead atoms. The lowest BCUT2D eigenvalue weighted by atomic mass is 10.1. The summed E-state index contributed by atoms with van der Waals surface area (Å²) in [5, 5.41) is 10.5. The third-order valence-electron chi connectivity index (χ3n) is 2.76. The Labute approximate surface area is 121 Å². The first-order valence-electron chi connectivity index (χ1n) is 5.70. The second-order valence-electron chi connectivity index (χ2n) is 4.10. The Kier molecular flexibility index (Phi) is 4.14. The zero-order chi connectivity index (χ0) is 14.7. The summed E-state index contributed by atoms with van der Waals surface area (Å²) in [7, 11) is 0. The zero-order valence-corrected chi connectivity index (χ0v) is 11.8. The Morgan fingerprint density at radius 1 is 1.25 bits per heavy atom. The fraction of sp³-hybridized carbons (Fsp3) is 0.167. The molecule has 0 atom stereocenters. The van der Waals surface area contributed by atoms with Gasteiger partial charge in [-0.25, -0.2) is 4.79 Å². The number of aryl methyl sites for hydroxylation is 2. The van der Waals surface area contributed by atoms with Gasteiger partial charge in [-0.1, -0.05) is 12.1 Å². The maximum atomic E-state index is 11.6. The number of aromatic amines is 1. The SMILES string of the molecule is O=c1[nH]c(=O)n(CCc2ccc([N+](=O)[O-])cc2)cc1Br. The molecule has 0 aliphatic carbocycles. The Hall–Kier alpha value is -2.22. The van der Waals surface area contributed by atoms with Crippen LogP contribution in [0, 0.1) is 10.1 Å². The minimum absolute atomic E-state index is 0.0257. The Morgan fingerprint density at radius 3 is 2.50 bits per heavy atom. The first-order valence-corrected chi connectivity index (χ1v) is 6.49. The van der Waals surface area contributed by atoms with E-state index in [1.54, 1.807) is 12.1 Å². The summed E-state index contributed by atoms with van der Waals surface area (Å²) in [6.07, 6.45) is 1.95. The van der Waals surface area contributed by atoms with E-state index >= 15 is 0 Å². The first kappa shape index (κ1) is 14.2. The number of halogens is 1. The molecule has 0 spiro atoms. The van der Waals surface area contributed by atoms with Gasteiger partial charge in [-0.05, 0) is 27.9 Å². The van der Waals surface area contributed by atoms with Gasteiger partial charge in [0.05, 0.1) is 9.40 Å². The highest BCUT2D eigenvalue weighted by Gasteiger charge is 2.05. The van der Waals surface area contributed by atoms with Crippen molar-refractivity contribution in [2.45, 2.75) is 13.0 Å². The highest BCUT2D eigenvalue weighted by Crippen LogP contribution is 2.12. The lowest BCUT2D eigenvalue weighted by Gasteiger charge is -2.05. The first-order chi connectivity index (χ1) is 9.47. The van der Waals surface area contributed by atoms with E-state index in [1.807, 2.05) is 0 Å². The molecule has 1 aromatic carbocycles. The van der Waals surface area contributed by atoms with E-state index in [-0.39, 0.29) is 10.2 Å². The van der Waals surface area contributed by atoms with Gasteiger partial charge in [-0.2, -0.15) is 0 Å². The van der Waals surface area contributed by atoms with Crippen molar-refractivity contribution in [2.75, 3.05) is 0 Å². The van der Waals surface area contributed by atoms with Crippen LogP contribution in [0.2, 0.25) is 0 Å². The van der Waals surface area contributed by atoms with E-state index in [2.05, 4.69) is 20.9 Å². The maximum Gasteiger partial charge on any atom is 0.328 e. The van der Waals surface area contributed by atoms with Gasteiger partial charge in [0.15, 0.2) is 0 Å². The normalized spacial score (nSPS) is 10.4. The van der Waals surface area contributed by atoms with Crippen LogP contribution < -0.4 is 11.2 Å². The predicted molar refractivity (Wildman–Crippen MR) is 75.8 cm³/mol. The molecular formula is C12H10BrN3O4. The smallest absolute Gasteiger partial charge is 0.299 e. The molecular weight excluding hydrogens is 330 g/mol. The average molecular weight is 340 g/mol. The zero-order valence-electron chi connectivity index (χ0n) is 10.2. The molecule has 2 rings (SSSR count). The van der Waals surface area contributed by atoms with Gasteiger partial charge in [0, 0.05) is 24.9 Å². The molecule has 0 aliphatic heterocycles. The van der Waals surface area contributed by atoms with Crippen LogP contribution >= 0.6 is 15.9 Å². The maximum absolute atomic E-state index is 11.6. The van der Waals surface area contributed by atoms with Gasteiger partial charge < -0.3 is 0 Å². The van der Waals surface area contributed by atoms with Crippen molar-refractivity contribution in [2.24, 2.45) is 0 Å². The fourth-order valence-corrected chi connectivity index (χ4v) is 2.03. The van der Waals surface area contributed by atoms with E-state index in [9.17, 15) is 19.7 Å². The Bertz CT molecular complexity index is 749. The van der Waals surface area contributed by atoms with Crippen molar-refractivity contribution >= 4 is 21.6 Å². The van der Waals surface area contributed by atoms with E-state index in [4.69, 9.17) is 0 Å². The molecule has 0 radical (unpaired) electrons. The van der Waals surface area contributed by atoms with Crippen LogP contribution in [0.3, 0.4) is 0 Å². The molecule has 7 nitrogen and oxygen atoms in total. The standard InChI is InChI=1S/C12H10BrN3O4/c13-10-7-15(12(18)14-11(10)17)6-5-8-1-3-9(4-2-8)16(19)20/h1-4,7H,5-6H2,(H,14,17,18). The molecule has 0 saturated heterocycles. The average Bonchev–Trinajstić information content (AvgIpc) is 2.42. The molecule has 1 aromatic heterocycles. The van der Waals surface area contributed by atoms with Gasteiger partial charge in [-0.3, -0.25) is 24.5 Å². The van der Waals surface area contributed by atoms with Crippen LogP contribution in [-0.2, 0) is 13.0 Å². The lowest BCUT2D eigenvalue weighted by molar-refractivity contribution is -0.384. The van der Waals surface area contributed by atoms with Crippen molar-refractivity contribution in [1.82, 2.24) is 9.55 Å². The molecule has 104 valence electrons. The number of benzene rings is 1. The van der Waals surface area contributed by atoms with Gasteiger partial charge >= 0.3 is 5.69 Å². The number of aromatic nitrogens is 2. The molecule has 0 saturated carbocycles. The van der Waals surface area contributed by atoms with Gasteiger partial charge in [-0.15, -0.1) is 0 Å². The van der Waals surface area contributed by atoms with Crippen molar-refractivity contribution in [3.8, 4) is 0 Å². The number of hydrogen-bond donors (Lipinski definition) is 1. The number of nitro groups is 1. The summed E-state index contributed by atoms with van der Waals surface area (Å²) >= 11 is 3.05. The Morgan fingerprint density at radius 2 is 1.90 bits per heavy atom. The van der Waals surface area contributed by atoms with Crippen LogP contribution in [-0.4, -0.2) is 14.5 Å². The molecule has 1 N–H and O–H groups in total. The quantitative estimate of drug-likeness (QED) is 0.673. The summed E-state index contributed by atoms with van der Waals surface area (Å²) in [5.41, 5.74) is -0.0655. The molecule has 0 aliphatic rings. The molecule has 8 heteroatoms. The van der Waals surface area contributed by atoms with Gasteiger partial charge in [0.2, 0.25) is 0 Å². The van der Waals surface area contributed by atoms with Crippen molar-refractivity contribution in [3.63, 3.8) is 0 Å². The number of nitrogens with one attached hydrogen (secondary N) is 1. The molecule has 1 heterocycles. The number of nitrogens with zero attached hydrogens (tertiary/aromatic N) is 2. The Balaban J connectivity index is 2.13. The summed E-state index contributed by atoms with van der Waals surface area (Å²) < 4.78 is 1.65.